The minimum Gasteiger partial charge on any atom is -0.369 e. The van der Waals surface area contributed by atoms with Gasteiger partial charge < -0.3 is 20.4 Å². The SMILES string of the molecule is CC/C=C(/c1ccc(-c2ccc(C(=O)N3CCNCC3)cc2)cc1)N1CCNCC1. The summed E-state index contributed by atoms with van der Waals surface area (Å²) < 4.78 is 0. The van der Waals surface area contributed by atoms with E-state index in [0.717, 1.165) is 69.9 Å². The molecule has 5 heteroatoms. The molecule has 0 atom stereocenters. The number of nitrogens with one attached hydrogen (secondary N) is 2. The smallest absolute Gasteiger partial charge is 0.253 e. The molecule has 2 heterocycles. The van der Waals surface area contributed by atoms with Crippen molar-refractivity contribution in [2.45, 2.75) is 13.3 Å². The van der Waals surface area contributed by atoms with E-state index in [1.807, 2.05) is 17.0 Å². The maximum absolute atomic E-state index is 12.7. The first-order valence-corrected chi connectivity index (χ1v) is 11.1. The van der Waals surface area contributed by atoms with Gasteiger partial charge in [-0.25, -0.2) is 0 Å². The zero-order valence-corrected chi connectivity index (χ0v) is 17.9. The van der Waals surface area contributed by atoms with E-state index in [-0.39, 0.29) is 5.91 Å². The standard InChI is InChI=1S/C25H32N4O/c1-2-3-24(28-16-12-26-13-17-28)22-8-4-20(5-9-22)21-6-10-23(11-7-21)25(30)29-18-14-27-15-19-29/h3-11,26-27H,2,12-19H2,1H3/b24-3-. The van der Waals surface area contributed by atoms with E-state index >= 15 is 0 Å². The first-order chi connectivity index (χ1) is 14.8. The maximum atomic E-state index is 12.7. The number of allylic oxidation sites excluding steroid dienone is 1. The summed E-state index contributed by atoms with van der Waals surface area (Å²) >= 11 is 0. The van der Waals surface area contributed by atoms with E-state index < -0.39 is 0 Å². The first kappa shape index (κ1) is 20.6. The number of carbonyl (C=O) groups excluding carboxylic acids is 1. The van der Waals surface area contributed by atoms with Crippen LogP contribution in [0.3, 0.4) is 0 Å². The quantitative estimate of drug-likeness (QED) is 0.804. The zero-order chi connectivity index (χ0) is 20.8. The Morgan fingerprint density at radius 3 is 1.73 bits per heavy atom. The van der Waals surface area contributed by atoms with Gasteiger partial charge in [-0.05, 0) is 35.2 Å². The largest absolute Gasteiger partial charge is 0.369 e. The van der Waals surface area contributed by atoms with Crippen molar-refractivity contribution < 1.29 is 4.79 Å². The van der Waals surface area contributed by atoms with Crippen LogP contribution in [0, 0.1) is 0 Å². The van der Waals surface area contributed by atoms with Crippen LogP contribution in [0.2, 0.25) is 0 Å². The molecule has 0 saturated carbocycles. The fourth-order valence-electron chi connectivity index (χ4n) is 4.22. The van der Waals surface area contributed by atoms with Crippen molar-refractivity contribution in [3.63, 3.8) is 0 Å². The molecule has 158 valence electrons. The molecule has 2 aromatic carbocycles. The Kier molecular flexibility index (Phi) is 6.82. The Labute approximate surface area is 179 Å². The molecule has 2 N–H and O–H groups in total. The van der Waals surface area contributed by atoms with Gasteiger partial charge in [-0.1, -0.05) is 49.4 Å². The normalized spacial score (nSPS) is 17.8. The van der Waals surface area contributed by atoms with Gasteiger partial charge in [-0.15, -0.1) is 0 Å². The second-order valence-electron chi connectivity index (χ2n) is 7.93. The van der Waals surface area contributed by atoms with E-state index in [4.69, 9.17) is 0 Å². The average Bonchev–Trinajstić information content (AvgIpc) is 2.83. The van der Waals surface area contributed by atoms with Gasteiger partial charge in [0.1, 0.15) is 0 Å². The third-order valence-corrected chi connectivity index (χ3v) is 5.91. The van der Waals surface area contributed by atoms with Crippen molar-refractivity contribution in [3.8, 4) is 11.1 Å². The molecular formula is C25H32N4O. The van der Waals surface area contributed by atoms with E-state index in [0.29, 0.717) is 0 Å². The molecule has 2 saturated heterocycles. The molecule has 1 amide bonds. The first-order valence-electron chi connectivity index (χ1n) is 11.1. The maximum Gasteiger partial charge on any atom is 0.253 e. The van der Waals surface area contributed by atoms with Crippen molar-refractivity contribution in [3.05, 3.63) is 65.7 Å². The summed E-state index contributed by atoms with van der Waals surface area (Å²) in [5.74, 6) is 0.128. The lowest BCUT2D eigenvalue weighted by Crippen LogP contribution is -2.46. The summed E-state index contributed by atoms with van der Waals surface area (Å²) in [6.45, 7) is 9.69. The fourth-order valence-corrected chi connectivity index (χ4v) is 4.22. The van der Waals surface area contributed by atoms with Crippen LogP contribution in [-0.2, 0) is 0 Å². The van der Waals surface area contributed by atoms with Gasteiger partial charge in [-0.3, -0.25) is 4.79 Å². The second kappa shape index (κ2) is 9.92. The average molecular weight is 405 g/mol. The molecule has 0 aliphatic carbocycles. The van der Waals surface area contributed by atoms with Gasteiger partial charge in [0.2, 0.25) is 0 Å². The zero-order valence-electron chi connectivity index (χ0n) is 17.9. The summed E-state index contributed by atoms with van der Waals surface area (Å²) in [5, 5.41) is 6.72. The van der Waals surface area contributed by atoms with Crippen LogP contribution in [0.5, 0.6) is 0 Å². The molecule has 0 aromatic heterocycles. The summed E-state index contributed by atoms with van der Waals surface area (Å²) in [6, 6.07) is 16.8. The van der Waals surface area contributed by atoms with Crippen LogP contribution < -0.4 is 10.6 Å². The number of piperazine rings is 2. The van der Waals surface area contributed by atoms with E-state index in [1.165, 1.54) is 16.8 Å². The van der Waals surface area contributed by atoms with Gasteiger partial charge >= 0.3 is 0 Å². The van der Waals surface area contributed by atoms with Crippen molar-refractivity contribution in [1.29, 1.82) is 0 Å². The molecule has 2 aliphatic heterocycles. The van der Waals surface area contributed by atoms with Gasteiger partial charge in [0, 0.05) is 63.6 Å². The lowest BCUT2D eigenvalue weighted by molar-refractivity contribution is 0.0736. The highest BCUT2D eigenvalue weighted by Gasteiger charge is 2.18. The lowest BCUT2D eigenvalue weighted by atomic mass is 10.0. The highest BCUT2D eigenvalue weighted by molar-refractivity contribution is 5.94. The summed E-state index contributed by atoms with van der Waals surface area (Å²) in [7, 11) is 0. The molecule has 0 spiro atoms. The Hall–Kier alpha value is -2.63. The monoisotopic (exact) mass is 404 g/mol. The number of carbonyl (C=O) groups is 1. The van der Waals surface area contributed by atoms with Crippen LogP contribution >= 0.6 is 0 Å². The lowest BCUT2D eigenvalue weighted by Gasteiger charge is -2.32. The van der Waals surface area contributed by atoms with Crippen LogP contribution in [-0.4, -0.2) is 68.1 Å². The Balaban J connectivity index is 1.48. The van der Waals surface area contributed by atoms with Crippen molar-refractivity contribution in [2.75, 3.05) is 52.4 Å². The van der Waals surface area contributed by atoms with E-state index in [2.05, 4.69) is 64.9 Å². The van der Waals surface area contributed by atoms with Gasteiger partial charge in [-0.2, -0.15) is 0 Å². The summed E-state index contributed by atoms with van der Waals surface area (Å²) in [6.07, 6.45) is 3.36. The van der Waals surface area contributed by atoms with Gasteiger partial charge in [0.05, 0.1) is 0 Å². The molecule has 0 unspecified atom stereocenters. The predicted molar refractivity (Wildman–Crippen MR) is 123 cm³/mol. The number of benzene rings is 2. The number of hydrogen-bond donors (Lipinski definition) is 2. The van der Waals surface area contributed by atoms with Crippen LogP contribution in [0.4, 0.5) is 0 Å². The number of rotatable bonds is 5. The minimum atomic E-state index is 0.128. The molecule has 5 nitrogen and oxygen atoms in total. The highest BCUT2D eigenvalue weighted by Crippen LogP contribution is 2.25. The van der Waals surface area contributed by atoms with E-state index in [1.54, 1.807) is 0 Å². The van der Waals surface area contributed by atoms with Crippen LogP contribution in [0.1, 0.15) is 29.3 Å². The summed E-state index contributed by atoms with van der Waals surface area (Å²) in [4.78, 5) is 17.1. The number of hydrogen-bond acceptors (Lipinski definition) is 4. The third-order valence-electron chi connectivity index (χ3n) is 5.91. The molecular weight excluding hydrogens is 372 g/mol. The summed E-state index contributed by atoms with van der Waals surface area (Å²) in [5.41, 5.74) is 5.69. The molecule has 2 fully saturated rings. The highest BCUT2D eigenvalue weighted by atomic mass is 16.2. The third kappa shape index (κ3) is 4.74. The Bertz CT molecular complexity index is 861. The molecule has 30 heavy (non-hydrogen) atoms. The Morgan fingerprint density at radius 2 is 1.23 bits per heavy atom. The second-order valence-corrected chi connectivity index (χ2v) is 7.93. The minimum absolute atomic E-state index is 0.128. The fraction of sp³-hybridized carbons (Fsp3) is 0.400. The van der Waals surface area contributed by atoms with E-state index in [9.17, 15) is 4.79 Å². The van der Waals surface area contributed by atoms with Crippen molar-refractivity contribution >= 4 is 11.6 Å². The number of nitrogens with zero attached hydrogens (tertiary/aromatic N) is 2. The van der Waals surface area contributed by atoms with Gasteiger partial charge in [0.25, 0.3) is 5.91 Å². The molecule has 0 radical (unpaired) electrons. The Morgan fingerprint density at radius 1 is 0.767 bits per heavy atom. The van der Waals surface area contributed by atoms with Crippen molar-refractivity contribution in [1.82, 2.24) is 20.4 Å². The molecule has 2 aromatic rings. The molecule has 4 rings (SSSR count). The van der Waals surface area contributed by atoms with Crippen molar-refractivity contribution in [2.24, 2.45) is 0 Å². The topological polar surface area (TPSA) is 47.6 Å². The van der Waals surface area contributed by atoms with Gasteiger partial charge in [0.15, 0.2) is 0 Å². The number of amides is 1. The van der Waals surface area contributed by atoms with Crippen LogP contribution in [0.25, 0.3) is 16.8 Å². The molecule has 2 aliphatic rings. The molecule has 0 bridgehead atoms. The predicted octanol–water partition coefficient (Wildman–Crippen LogP) is 3.06. The van der Waals surface area contributed by atoms with Crippen LogP contribution in [0.15, 0.2) is 54.6 Å².